The van der Waals surface area contributed by atoms with E-state index in [4.69, 9.17) is 14.2 Å². The van der Waals surface area contributed by atoms with Crippen molar-refractivity contribution in [1.82, 2.24) is 9.88 Å². The highest BCUT2D eigenvalue weighted by Crippen LogP contribution is 2.52. The number of hydrogen-bond acceptors (Lipinski definition) is 6. The number of carbonyl (C=O) groups excluding carboxylic acids is 2. The zero-order chi connectivity index (χ0) is 21.0. The summed E-state index contributed by atoms with van der Waals surface area (Å²) >= 11 is 0. The minimum absolute atomic E-state index is 0.0500. The predicted molar refractivity (Wildman–Crippen MR) is 109 cm³/mol. The molecule has 0 saturated carbocycles. The number of ether oxygens (including phenoxy) is 3. The third-order valence-electron chi connectivity index (χ3n) is 6.41. The Labute approximate surface area is 178 Å². The molecule has 2 aromatic rings. The summed E-state index contributed by atoms with van der Waals surface area (Å²) < 4.78 is 17.3. The van der Waals surface area contributed by atoms with E-state index in [2.05, 4.69) is 10.3 Å². The van der Waals surface area contributed by atoms with Gasteiger partial charge in [0.15, 0.2) is 11.5 Å². The van der Waals surface area contributed by atoms with E-state index in [0.29, 0.717) is 43.5 Å². The number of nitrogens with zero attached hydrogens (tertiary/aromatic N) is 2. The molecule has 4 aliphatic heterocycles. The van der Waals surface area contributed by atoms with Crippen molar-refractivity contribution in [2.75, 3.05) is 25.1 Å². The number of amides is 2. The SMILES string of the molecule is O=C(Nc1ccc2c(c1)OCCO2)C1C2C=CC3(CN(Cc4ccncc4)C(=O)C13)O2. The van der Waals surface area contributed by atoms with Gasteiger partial charge >= 0.3 is 0 Å². The molecule has 6 rings (SSSR count). The summed E-state index contributed by atoms with van der Waals surface area (Å²) in [6, 6.07) is 9.08. The first-order valence-electron chi connectivity index (χ1n) is 10.4. The van der Waals surface area contributed by atoms with Crippen molar-refractivity contribution >= 4 is 17.5 Å². The van der Waals surface area contributed by atoms with Crippen molar-refractivity contribution in [2.45, 2.75) is 18.2 Å². The van der Waals surface area contributed by atoms with Gasteiger partial charge in [0.05, 0.1) is 24.5 Å². The van der Waals surface area contributed by atoms with Crippen LogP contribution < -0.4 is 14.8 Å². The summed E-state index contributed by atoms with van der Waals surface area (Å²) in [6.07, 6.45) is 6.89. The minimum atomic E-state index is -0.733. The molecule has 2 amide bonds. The fraction of sp³-hybridized carbons (Fsp3) is 0.348. The summed E-state index contributed by atoms with van der Waals surface area (Å²) in [6.45, 7) is 1.89. The van der Waals surface area contributed by atoms with Gasteiger partial charge in [-0.3, -0.25) is 14.6 Å². The van der Waals surface area contributed by atoms with Gasteiger partial charge in [0.2, 0.25) is 11.8 Å². The van der Waals surface area contributed by atoms with E-state index in [0.717, 1.165) is 5.56 Å². The van der Waals surface area contributed by atoms with Gasteiger partial charge in [-0.15, -0.1) is 0 Å². The van der Waals surface area contributed by atoms with Gasteiger partial charge in [0.25, 0.3) is 0 Å². The molecular weight excluding hydrogens is 398 g/mol. The molecule has 2 saturated heterocycles. The number of fused-ring (bicyclic) bond motifs is 2. The van der Waals surface area contributed by atoms with Crippen LogP contribution in [0.1, 0.15) is 5.56 Å². The summed E-state index contributed by atoms with van der Waals surface area (Å²) in [5.41, 5.74) is 0.869. The van der Waals surface area contributed by atoms with Gasteiger partial charge in [-0.1, -0.05) is 12.2 Å². The molecule has 4 atom stereocenters. The van der Waals surface area contributed by atoms with Gasteiger partial charge in [-0.2, -0.15) is 0 Å². The normalized spacial score (nSPS) is 29.9. The number of likely N-dealkylation sites (tertiary alicyclic amines) is 1. The molecule has 1 aromatic heterocycles. The van der Waals surface area contributed by atoms with Crippen LogP contribution in [-0.4, -0.2) is 53.2 Å². The third-order valence-corrected chi connectivity index (χ3v) is 6.41. The van der Waals surface area contributed by atoms with Gasteiger partial charge in [0.1, 0.15) is 18.8 Å². The monoisotopic (exact) mass is 419 g/mol. The van der Waals surface area contributed by atoms with Gasteiger partial charge in [-0.05, 0) is 29.8 Å². The summed E-state index contributed by atoms with van der Waals surface area (Å²) in [7, 11) is 0. The van der Waals surface area contributed by atoms with Gasteiger partial charge < -0.3 is 24.4 Å². The number of carbonyl (C=O) groups is 2. The maximum absolute atomic E-state index is 13.3. The molecule has 31 heavy (non-hydrogen) atoms. The molecule has 158 valence electrons. The molecule has 5 heterocycles. The molecule has 1 aromatic carbocycles. The molecule has 2 fully saturated rings. The molecule has 0 aliphatic carbocycles. The quantitative estimate of drug-likeness (QED) is 0.760. The zero-order valence-corrected chi connectivity index (χ0v) is 16.7. The average Bonchev–Trinajstić information content (AvgIpc) is 3.43. The number of anilines is 1. The number of benzene rings is 1. The van der Waals surface area contributed by atoms with E-state index in [1.54, 1.807) is 35.5 Å². The van der Waals surface area contributed by atoms with Crippen molar-refractivity contribution in [3.63, 3.8) is 0 Å². The Morgan fingerprint density at radius 2 is 1.97 bits per heavy atom. The highest BCUT2D eigenvalue weighted by Gasteiger charge is 2.66. The molecule has 8 heteroatoms. The molecule has 4 unspecified atom stereocenters. The van der Waals surface area contributed by atoms with Crippen LogP contribution in [0.4, 0.5) is 5.69 Å². The second-order valence-electron chi connectivity index (χ2n) is 8.30. The largest absolute Gasteiger partial charge is 0.486 e. The lowest BCUT2D eigenvalue weighted by molar-refractivity contribution is -0.136. The van der Waals surface area contributed by atoms with Crippen LogP contribution in [0.25, 0.3) is 0 Å². The number of pyridine rings is 1. The molecule has 2 bridgehead atoms. The molecule has 8 nitrogen and oxygen atoms in total. The van der Waals surface area contributed by atoms with Crippen LogP contribution >= 0.6 is 0 Å². The van der Waals surface area contributed by atoms with Crippen molar-refractivity contribution in [2.24, 2.45) is 11.8 Å². The highest BCUT2D eigenvalue weighted by molar-refractivity contribution is 5.99. The van der Waals surface area contributed by atoms with Gasteiger partial charge in [-0.25, -0.2) is 0 Å². The first-order chi connectivity index (χ1) is 15.1. The minimum Gasteiger partial charge on any atom is -0.486 e. The lowest BCUT2D eigenvalue weighted by Crippen LogP contribution is -2.41. The topological polar surface area (TPSA) is 90.0 Å². The fourth-order valence-corrected chi connectivity index (χ4v) is 5.07. The molecular formula is C23H21N3O5. The van der Waals surface area contributed by atoms with E-state index in [9.17, 15) is 9.59 Å². The Morgan fingerprint density at radius 3 is 2.81 bits per heavy atom. The van der Waals surface area contributed by atoms with Crippen LogP contribution in [0.3, 0.4) is 0 Å². The van der Waals surface area contributed by atoms with E-state index >= 15 is 0 Å². The molecule has 1 N–H and O–H groups in total. The number of nitrogens with one attached hydrogen (secondary N) is 1. The third kappa shape index (κ3) is 2.90. The molecule has 1 spiro atoms. The Kier molecular flexibility index (Phi) is 4.04. The van der Waals surface area contributed by atoms with E-state index in [-0.39, 0.29) is 11.8 Å². The first kappa shape index (κ1) is 18.4. The van der Waals surface area contributed by atoms with Crippen LogP contribution in [-0.2, 0) is 20.9 Å². The maximum Gasteiger partial charge on any atom is 0.231 e. The van der Waals surface area contributed by atoms with Crippen molar-refractivity contribution in [1.29, 1.82) is 0 Å². The van der Waals surface area contributed by atoms with Crippen molar-refractivity contribution in [3.8, 4) is 11.5 Å². The molecule has 4 aliphatic rings. The Hall–Kier alpha value is -3.39. The van der Waals surface area contributed by atoms with Crippen molar-refractivity contribution < 1.29 is 23.8 Å². The Balaban J connectivity index is 1.23. The van der Waals surface area contributed by atoms with Crippen LogP contribution in [0.5, 0.6) is 11.5 Å². The molecule has 0 radical (unpaired) electrons. The van der Waals surface area contributed by atoms with E-state index < -0.39 is 23.5 Å². The lowest BCUT2D eigenvalue weighted by atomic mass is 9.77. The highest BCUT2D eigenvalue weighted by atomic mass is 16.6. The standard InChI is InChI=1S/C23H21N3O5/c27-21(25-15-1-2-16-18(11-15)30-10-9-29-16)19-17-3-6-23(31-17)13-26(22(28)20(19)23)12-14-4-7-24-8-5-14/h1-8,11,17,19-20H,9-10,12-13H2,(H,25,27). The van der Waals surface area contributed by atoms with Crippen LogP contribution in [0.2, 0.25) is 0 Å². The maximum atomic E-state index is 13.3. The zero-order valence-electron chi connectivity index (χ0n) is 16.7. The second-order valence-corrected chi connectivity index (χ2v) is 8.30. The van der Waals surface area contributed by atoms with E-state index in [1.807, 2.05) is 24.3 Å². The number of rotatable bonds is 4. The Morgan fingerprint density at radius 1 is 1.16 bits per heavy atom. The summed E-state index contributed by atoms with van der Waals surface area (Å²) in [5.74, 6) is -0.116. The van der Waals surface area contributed by atoms with Gasteiger partial charge in [0, 0.05) is 30.7 Å². The van der Waals surface area contributed by atoms with Crippen LogP contribution in [0.15, 0.2) is 54.9 Å². The number of hydrogen-bond donors (Lipinski definition) is 1. The van der Waals surface area contributed by atoms with Crippen molar-refractivity contribution in [3.05, 3.63) is 60.4 Å². The second kappa shape index (κ2) is 6.81. The summed E-state index contributed by atoms with van der Waals surface area (Å²) in [5, 5.41) is 2.95. The Bertz CT molecular complexity index is 1090. The smallest absolute Gasteiger partial charge is 0.231 e. The predicted octanol–water partition coefficient (Wildman–Crippen LogP) is 1.77. The first-order valence-corrected chi connectivity index (χ1v) is 10.4. The van der Waals surface area contributed by atoms with E-state index in [1.165, 1.54) is 0 Å². The fourth-order valence-electron chi connectivity index (χ4n) is 5.07. The lowest BCUT2D eigenvalue weighted by Gasteiger charge is -2.24. The number of aromatic nitrogens is 1. The van der Waals surface area contributed by atoms with Crippen LogP contribution in [0, 0.1) is 11.8 Å². The average molecular weight is 419 g/mol. The summed E-state index contributed by atoms with van der Waals surface area (Å²) in [4.78, 5) is 32.4.